The molecule has 0 aliphatic heterocycles. The van der Waals surface area contributed by atoms with Crippen LogP contribution in [-0.2, 0) is 4.79 Å². The molecule has 0 aliphatic carbocycles. The van der Waals surface area contributed by atoms with Gasteiger partial charge in [-0.25, -0.2) is 4.39 Å². The van der Waals surface area contributed by atoms with Crippen molar-refractivity contribution >= 4 is 23.7 Å². The lowest BCUT2D eigenvalue weighted by molar-refractivity contribution is -0.116. The summed E-state index contributed by atoms with van der Waals surface area (Å²) in [4.78, 5) is 12.9. The molecule has 0 atom stereocenters. The van der Waals surface area contributed by atoms with Crippen LogP contribution in [0.3, 0.4) is 0 Å². The predicted molar refractivity (Wildman–Crippen MR) is 103 cm³/mol. The highest BCUT2D eigenvalue weighted by molar-refractivity contribution is 7.99. The van der Waals surface area contributed by atoms with Crippen molar-refractivity contribution in [3.05, 3.63) is 59.9 Å². The van der Waals surface area contributed by atoms with Gasteiger partial charge >= 0.3 is 0 Å². The second-order valence-corrected chi connectivity index (χ2v) is 6.56. The van der Waals surface area contributed by atoms with Gasteiger partial charge in [0.15, 0.2) is 0 Å². The Balaban J connectivity index is 1.74. The highest BCUT2D eigenvalue weighted by atomic mass is 32.2. The number of halogens is 1. The Kier molecular flexibility index (Phi) is 8.02. The molecule has 1 N–H and O–H groups in total. The van der Waals surface area contributed by atoms with Crippen molar-refractivity contribution in [3.63, 3.8) is 0 Å². The van der Waals surface area contributed by atoms with Crippen LogP contribution in [-0.4, -0.2) is 32.4 Å². The molecule has 0 saturated heterocycles. The van der Waals surface area contributed by atoms with Gasteiger partial charge in [-0.05, 0) is 60.7 Å². The molecule has 2 rings (SSSR count). The Labute approximate surface area is 157 Å². The van der Waals surface area contributed by atoms with Crippen molar-refractivity contribution < 1.29 is 18.7 Å². The zero-order valence-corrected chi connectivity index (χ0v) is 15.6. The van der Waals surface area contributed by atoms with Gasteiger partial charge in [-0.3, -0.25) is 4.79 Å². The van der Waals surface area contributed by atoms with Crippen LogP contribution in [0.15, 0.2) is 53.4 Å². The Bertz CT molecular complexity index is 747. The quantitative estimate of drug-likeness (QED) is 0.406. The van der Waals surface area contributed by atoms with E-state index in [2.05, 4.69) is 5.32 Å². The minimum absolute atomic E-state index is 0.165. The zero-order chi connectivity index (χ0) is 18.8. The SMILES string of the molecule is COc1ccc(OC)c(C=CC(=O)NCCCSc2ccc(F)cc2)c1. The zero-order valence-electron chi connectivity index (χ0n) is 14.8. The average Bonchev–Trinajstić information content (AvgIpc) is 2.67. The lowest BCUT2D eigenvalue weighted by Gasteiger charge is -2.07. The van der Waals surface area contributed by atoms with Gasteiger partial charge in [0, 0.05) is 23.1 Å². The van der Waals surface area contributed by atoms with E-state index in [1.54, 1.807) is 56.3 Å². The smallest absolute Gasteiger partial charge is 0.244 e. The number of benzene rings is 2. The first-order chi connectivity index (χ1) is 12.6. The van der Waals surface area contributed by atoms with E-state index < -0.39 is 0 Å². The van der Waals surface area contributed by atoms with E-state index in [0.717, 1.165) is 22.6 Å². The first-order valence-electron chi connectivity index (χ1n) is 8.18. The average molecular weight is 375 g/mol. The largest absolute Gasteiger partial charge is 0.497 e. The number of hydrogen-bond donors (Lipinski definition) is 1. The molecule has 0 spiro atoms. The summed E-state index contributed by atoms with van der Waals surface area (Å²) < 4.78 is 23.3. The third kappa shape index (κ3) is 6.44. The fraction of sp³-hybridized carbons (Fsp3) is 0.250. The number of amides is 1. The predicted octanol–water partition coefficient (Wildman–Crippen LogP) is 4.15. The lowest BCUT2D eigenvalue weighted by Crippen LogP contribution is -2.22. The third-order valence-electron chi connectivity index (χ3n) is 3.55. The molecule has 0 unspecified atom stereocenters. The molecule has 4 nitrogen and oxygen atoms in total. The van der Waals surface area contributed by atoms with Gasteiger partial charge in [-0.15, -0.1) is 11.8 Å². The summed E-state index contributed by atoms with van der Waals surface area (Å²) >= 11 is 1.63. The van der Waals surface area contributed by atoms with Gasteiger partial charge in [-0.1, -0.05) is 0 Å². The molecule has 0 aliphatic rings. The summed E-state index contributed by atoms with van der Waals surface area (Å²) in [6, 6.07) is 11.8. The number of methoxy groups -OCH3 is 2. The van der Waals surface area contributed by atoms with Crippen LogP contribution in [0.4, 0.5) is 4.39 Å². The Morgan fingerprint density at radius 2 is 1.92 bits per heavy atom. The van der Waals surface area contributed by atoms with E-state index in [9.17, 15) is 9.18 Å². The van der Waals surface area contributed by atoms with E-state index in [-0.39, 0.29) is 11.7 Å². The van der Waals surface area contributed by atoms with Crippen molar-refractivity contribution in [2.75, 3.05) is 26.5 Å². The molecule has 6 heteroatoms. The summed E-state index contributed by atoms with van der Waals surface area (Å²) in [7, 11) is 3.17. The third-order valence-corrected chi connectivity index (χ3v) is 4.65. The Hall–Kier alpha value is -2.47. The summed E-state index contributed by atoms with van der Waals surface area (Å²) in [6.45, 7) is 0.576. The maximum atomic E-state index is 12.8. The molecular weight excluding hydrogens is 353 g/mol. The molecule has 138 valence electrons. The minimum atomic E-state index is -0.235. The second-order valence-electron chi connectivity index (χ2n) is 5.39. The molecule has 0 heterocycles. The van der Waals surface area contributed by atoms with E-state index in [0.29, 0.717) is 18.0 Å². The fourth-order valence-corrected chi connectivity index (χ4v) is 3.05. The Morgan fingerprint density at radius 1 is 1.15 bits per heavy atom. The van der Waals surface area contributed by atoms with E-state index in [1.165, 1.54) is 18.2 Å². The summed E-state index contributed by atoms with van der Waals surface area (Å²) in [5, 5.41) is 2.84. The molecular formula is C20H22FNO3S. The normalized spacial score (nSPS) is 10.7. The minimum Gasteiger partial charge on any atom is -0.497 e. The van der Waals surface area contributed by atoms with E-state index >= 15 is 0 Å². The molecule has 0 bridgehead atoms. The fourth-order valence-electron chi connectivity index (χ4n) is 2.20. The summed E-state index contributed by atoms with van der Waals surface area (Å²) in [6.07, 6.45) is 4.00. The van der Waals surface area contributed by atoms with E-state index in [1.807, 2.05) is 6.07 Å². The maximum Gasteiger partial charge on any atom is 0.244 e. The molecule has 1 amide bonds. The van der Waals surface area contributed by atoms with Gasteiger partial charge in [0.05, 0.1) is 14.2 Å². The van der Waals surface area contributed by atoms with Crippen LogP contribution < -0.4 is 14.8 Å². The number of carbonyl (C=O) groups excluding carboxylic acids is 1. The number of nitrogens with one attached hydrogen (secondary N) is 1. The van der Waals surface area contributed by atoms with Gasteiger partial charge < -0.3 is 14.8 Å². The topological polar surface area (TPSA) is 47.6 Å². The van der Waals surface area contributed by atoms with Crippen LogP contribution in [0.25, 0.3) is 6.08 Å². The maximum absolute atomic E-state index is 12.8. The van der Waals surface area contributed by atoms with Gasteiger partial charge in [0.25, 0.3) is 0 Å². The molecule has 0 radical (unpaired) electrons. The first-order valence-corrected chi connectivity index (χ1v) is 9.17. The molecule has 26 heavy (non-hydrogen) atoms. The van der Waals surface area contributed by atoms with Gasteiger partial charge in [-0.2, -0.15) is 0 Å². The van der Waals surface area contributed by atoms with Crippen LogP contribution >= 0.6 is 11.8 Å². The highest BCUT2D eigenvalue weighted by Gasteiger charge is 2.03. The van der Waals surface area contributed by atoms with Crippen molar-refractivity contribution in [1.82, 2.24) is 5.32 Å². The monoisotopic (exact) mass is 375 g/mol. The Morgan fingerprint density at radius 3 is 2.62 bits per heavy atom. The van der Waals surface area contributed by atoms with Crippen LogP contribution in [0.1, 0.15) is 12.0 Å². The molecule has 2 aromatic carbocycles. The number of ether oxygens (including phenoxy) is 2. The van der Waals surface area contributed by atoms with Crippen molar-refractivity contribution in [2.45, 2.75) is 11.3 Å². The first kappa shape index (κ1) is 19.8. The van der Waals surface area contributed by atoms with E-state index in [4.69, 9.17) is 9.47 Å². The second kappa shape index (κ2) is 10.5. The van der Waals surface area contributed by atoms with Crippen LogP contribution in [0.5, 0.6) is 11.5 Å². The summed E-state index contributed by atoms with van der Waals surface area (Å²) in [5.41, 5.74) is 0.772. The molecule has 0 saturated carbocycles. The molecule has 0 aromatic heterocycles. The van der Waals surface area contributed by atoms with Crippen molar-refractivity contribution in [1.29, 1.82) is 0 Å². The lowest BCUT2D eigenvalue weighted by atomic mass is 10.1. The van der Waals surface area contributed by atoms with Crippen molar-refractivity contribution in [2.24, 2.45) is 0 Å². The molecule has 2 aromatic rings. The number of rotatable bonds is 9. The number of thioether (sulfide) groups is 1. The summed E-state index contributed by atoms with van der Waals surface area (Å²) in [5.74, 6) is 1.82. The highest BCUT2D eigenvalue weighted by Crippen LogP contribution is 2.25. The number of hydrogen-bond acceptors (Lipinski definition) is 4. The van der Waals surface area contributed by atoms with Crippen LogP contribution in [0.2, 0.25) is 0 Å². The standard InChI is InChI=1S/C20H22FNO3S/c1-24-17-7-10-19(25-2)15(14-17)4-11-20(23)22-12-3-13-26-18-8-5-16(21)6-9-18/h4-11,14H,3,12-13H2,1-2H3,(H,22,23). The molecule has 0 fully saturated rings. The van der Waals surface area contributed by atoms with Gasteiger partial charge in [0.1, 0.15) is 17.3 Å². The van der Waals surface area contributed by atoms with Gasteiger partial charge in [0.2, 0.25) is 5.91 Å². The van der Waals surface area contributed by atoms with Crippen LogP contribution in [0, 0.1) is 5.82 Å². The van der Waals surface area contributed by atoms with Crippen molar-refractivity contribution in [3.8, 4) is 11.5 Å². The number of carbonyl (C=O) groups is 1.